The van der Waals surface area contributed by atoms with Crippen LogP contribution in [-0.2, 0) is 4.74 Å². The molecule has 1 aromatic rings. The Kier molecular flexibility index (Phi) is 2.37. The average molecular weight is 312 g/mol. The van der Waals surface area contributed by atoms with Gasteiger partial charge in [0, 0.05) is 22.6 Å². The summed E-state index contributed by atoms with van der Waals surface area (Å²) in [5.41, 5.74) is -3.89. The standard InChI is InChI=1S/C15H18F2N2O3/c1-7-4-19(12(21)18-9(7)20)10-8(16)13(2)5-15(17)6-14(15,3)11(13)22-10/h4,8,10-11H,5-6H2,1-3H3,(H,18,20,21)/t8-,10?,11+,13-,14-,15+/m1/s1. The van der Waals surface area contributed by atoms with Crippen LogP contribution in [0.2, 0.25) is 0 Å². The largest absolute Gasteiger partial charge is 0.350 e. The number of aryl methyl sites for hydroxylation is 1. The zero-order chi connectivity index (χ0) is 16.1. The fourth-order valence-corrected chi connectivity index (χ4v) is 4.62. The Bertz CT molecular complexity index is 790. The molecule has 2 saturated carbocycles. The van der Waals surface area contributed by atoms with Gasteiger partial charge in [0.15, 0.2) is 12.4 Å². The number of aromatic nitrogens is 2. The van der Waals surface area contributed by atoms with Gasteiger partial charge in [-0.05, 0) is 19.8 Å². The first-order valence-corrected chi connectivity index (χ1v) is 7.43. The fourth-order valence-electron chi connectivity index (χ4n) is 4.62. The minimum absolute atomic E-state index is 0.107. The fraction of sp³-hybridized carbons (Fsp3) is 0.733. The number of nitrogens with one attached hydrogen (secondary N) is 1. The van der Waals surface area contributed by atoms with Gasteiger partial charge in [0.1, 0.15) is 5.67 Å². The van der Waals surface area contributed by atoms with E-state index in [0.29, 0.717) is 12.0 Å². The van der Waals surface area contributed by atoms with E-state index in [0.717, 1.165) is 4.57 Å². The van der Waals surface area contributed by atoms with Crippen LogP contribution in [0.4, 0.5) is 8.78 Å². The second kappa shape index (κ2) is 3.69. The molecule has 7 heteroatoms. The predicted octanol–water partition coefficient (Wildman–Crippen LogP) is 1.61. The van der Waals surface area contributed by atoms with Gasteiger partial charge in [0.2, 0.25) is 0 Å². The highest BCUT2D eigenvalue weighted by Crippen LogP contribution is 2.78. The number of fused-ring (bicyclic) bond motifs is 3. The zero-order valence-corrected chi connectivity index (χ0v) is 12.7. The van der Waals surface area contributed by atoms with Gasteiger partial charge in [0.25, 0.3) is 5.56 Å². The summed E-state index contributed by atoms with van der Waals surface area (Å²) in [6.45, 7) is 5.00. The lowest BCUT2D eigenvalue weighted by molar-refractivity contribution is -0.0531. The van der Waals surface area contributed by atoms with Crippen molar-refractivity contribution in [2.24, 2.45) is 10.8 Å². The van der Waals surface area contributed by atoms with Crippen LogP contribution in [0.3, 0.4) is 0 Å². The second-order valence-corrected chi connectivity index (χ2v) is 7.53. The third kappa shape index (κ3) is 1.41. The van der Waals surface area contributed by atoms with E-state index in [9.17, 15) is 14.0 Å². The summed E-state index contributed by atoms with van der Waals surface area (Å²) in [5.74, 6) is 0. The van der Waals surface area contributed by atoms with Gasteiger partial charge in [0.05, 0.1) is 6.10 Å². The van der Waals surface area contributed by atoms with Crippen molar-refractivity contribution in [1.29, 1.82) is 0 Å². The number of ether oxygens (including phenoxy) is 1. The highest BCUT2D eigenvalue weighted by molar-refractivity contribution is 5.31. The Morgan fingerprint density at radius 2 is 2.05 bits per heavy atom. The summed E-state index contributed by atoms with van der Waals surface area (Å²) < 4.78 is 36.5. The Hall–Kier alpha value is -1.50. The van der Waals surface area contributed by atoms with E-state index in [4.69, 9.17) is 4.74 Å². The molecular weight excluding hydrogens is 294 g/mol. The van der Waals surface area contributed by atoms with E-state index in [1.807, 2.05) is 0 Å². The zero-order valence-electron chi connectivity index (χ0n) is 12.7. The quantitative estimate of drug-likeness (QED) is 0.857. The van der Waals surface area contributed by atoms with Crippen molar-refractivity contribution in [2.45, 2.75) is 57.8 Å². The van der Waals surface area contributed by atoms with Gasteiger partial charge in [-0.1, -0.05) is 13.8 Å². The Balaban J connectivity index is 1.77. The number of alkyl halides is 2. The van der Waals surface area contributed by atoms with E-state index in [-0.39, 0.29) is 6.42 Å². The van der Waals surface area contributed by atoms with Gasteiger partial charge in [-0.25, -0.2) is 13.6 Å². The van der Waals surface area contributed by atoms with Crippen LogP contribution in [0.25, 0.3) is 0 Å². The maximum absolute atomic E-state index is 15.0. The van der Waals surface area contributed by atoms with Gasteiger partial charge in [-0.15, -0.1) is 0 Å². The SMILES string of the molecule is Cc1cn(C2O[C@H]3[C@](C)(C[C@]4(F)C[C@]34C)[C@@H]2F)c(=O)[nH]c1=O. The minimum Gasteiger partial charge on any atom is -0.350 e. The van der Waals surface area contributed by atoms with Crippen molar-refractivity contribution in [1.82, 2.24) is 9.55 Å². The summed E-state index contributed by atoms with van der Waals surface area (Å²) >= 11 is 0. The van der Waals surface area contributed by atoms with E-state index >= 15 is 4.39 Å². The highest BCUT2D eigenvalue weighted by Gasteiger charge is 2.83. The smallest absolute Gasteiger partial charge is 0.330 e. The normalized spacial score (nSPS) is 49.0. The number of halogens is 2. The Morgan fingerprint density at radius 1 is 1.36 bits per heavy atom. The number of rotatable bonds is 1. The van der Waals surface area contributed by atoms with Gasteiger partial charge in [-0.3, -0.25) is 14.3 Å². The molecule has 120 valence electrons. The summed E-state index contributed by atoms with van der Waals surface area (Å²) in [6.07, 6.45) is -1.41. The molecule has 22 heavy (non-hydrogen) atoms. The lowest BCUT2D eigenvalue weighted by atomic mass is 9.78. The van der Waals surface area contributed by atoms with Gasteiger partial charge < -0.3 is 4.74 Å². The van der Waals surface area contributed by atoms with Crippen LogP contribution >= 0.6 is 0 Å². The molecule has 0 amide bonds. The Labute approximate surface area is 125 Å². The van der Waals surface area contributed by atoms with Crippen molar-refractivity contribution in [3.63, 3.8) is 0 Å². The number of hydrogen-bond donors (Lipinski definition) is 1. The first-order chi connectivity index (χ1) is 10.1. The van der Waals surface area contributed by atoms with Crippen molar-refractivity contribution in [3.05, 3.63) is 32.6 Å². The number of hydrogen-bond acceptors (Lipinski definition) is 3. The first-order valence-electron chi connectivity index (χ1n) is 7.43. The van der Waals surface area contributed by atoms with Gasteiger partial charge in [-0.2, -0.15) is 0 Å². The molecule has 0 bridgehead atoms. The highest BCUT2D eigenvalue weighted by atomic mass is 19.1. The van der Waals surface area contributed by atoms with Crippen LogP contribution < -0.4 is 11.2 Å². The van der Waals surface area contributed by atoms with Crippen LogP contribution in [0, 0.1) is 17.8 Å². The Morgan fingerprint density at radius 3 is 2.68 bits per heavy atom. The minimum atomic E-state index is -1.50. The van der Waals surface area contributed by atoms with Crippen LogP contribution in [0.5, 0.6) is 0 Å². The lowest BCUT2D eigenvalue weighted by Gasteiger charge is -2.28. The van der Waals surface area contributed by atoms with E-state index < -0.39 is 46.3 Å². The van der Waals surface area contributed by atoms with Crippen LogP contribution in [-0.4, -0.2) is 27.5 Å². The molecule has 1 aromatic heterocycles. The number of nitrogens with zero attached hydrogens (tertiary/aromatic N) is 1. The average Bonchev–Trinajstić information content (AvgIpc) is 2.76. The molecule has 6 atom stereocenters. The van der Waals surface area contributed by atoms with Gasteiger partial charge >= 0.3 is 5.69 Å². The lowest BCUT2D eigenvalue weighted by Crippen LogP contribution is -2.38. The summed E-state index contributed by atoms with van der Waals surface area (Å²) in [5, 5.41) is 0. The van der Waals surface area contributed by atoms with Crippen molar-refractivity contribution in [3.8, 4) is 0 Å². The number of H-pyrrole nitrogens is 1. The number of aromatic amines is 1. The van der Waals surface area contributed by atoms with Crippen LogP contribution in [0.1, 0.15) is 38.5 Å². The molecule has 3 aliphatic rings. The topological polar surface area (TPSA) is 64.1 Å². The molecule has 5 nitrogen and oxygen atoms in total. The van der Waals surface area contributed by atoms with E-state index in [1.54, 1.807) is 13.8 Å². The molecule has 4 rings (SSSR count). The molecule has 1 aliphatic heterocycles. The molecule has 2 aliphatic carbocycles. The van der Waals surface area contributed by atoms with Crippen LogP contribution in [0.15, 0.2) is 15.8 Å². The molecule has 1 unspecified atom stereocenters. The summed E-state index contributed by atoms with van der Waals surface area (Å²) in [4.78, 5) is 25.6. The molecule has 1 N–H and O–H groups in total. The third-order valence-corrected chi connectivity index (χ3v) is 5.96. The third-order valence-electron chi connectivity index (χ3n) is 5.96. The van der Waals surface area contributed by atoms with E-state index in [1.165, 1.54) is 13.1 Å². The maximum Gasteiger partial charge on any atom is 0.330 e. The molecule has 1 saturated heterocycles. The summed E-state index contributed by atoms with van der Waals surface area (Å²) in [7, 11) is 0. The van der Waals surface area contributed by atoms with Crippen molar-refractivity contribution >= 4 is 0 Å². The molecule has 2 heterocycles. The molecule has 3 fully saturated rings. The molecule has 0 aromatic carbocycles. The monoisotopic (exact) mass is 312 g/mol. The molecular formula is C15H18F2N2O3. The molecule has 0 radical (unpaired) electrons. The van der Waals surface area contributed by atoms with E-state index in [2.05, 4.69) is 4.98 Å². The molecule has 0 spiro atoms. The maximum atomic E-state index is 15.0. The van der Waals surface area contributed by atoms with Crippen molar-refractivity contribution < 1.29 is 13.5 Å². The predicted molar refractivity (Wildman–Crippen MR) is 74.2 cm³/mol. The first kappa shape index (κ1) is 14.1. The van der Waals surface area contributed by atoms with Crippen molar-refractivity contribution in [2.75, 3.05) is 0 Å². The second-order valence-electron chi connectivity index (χ2n) is 7.53. The summed E-state index contributed by atoms with van der Waals surface area (Å²) in [6, 6.07) is 0.